The molecule has 0 bridgehead atoms. The second kappa shape index (κ2) is 10.4. The summed E-state index contributed by atoms with van der Waals surface area (Å²) in [6.45, 7) is 4.00. The number of aromatic nitrogens is 4. The molecular formula is C28H26N6O3. The molecule has 5 rings (SSSR count). The zero-order valence-corrected chi connectivity index (χ0v) is 20.5. The van der Waals surface area contributed by atoms with Crippen molar-refractivity contribution in [3.63, 3.8) is 0 Å². The van der Waals surface area contributed by atoms with Gasteiger partial charge in [-0.1, -0.05) is 29.5 Å². The predicted molar refractivity (Wildman–Crippen MR) is 138 cm³/mol. The number of nitrogens with zero attached hydrogens (tertiary/aromatic N) is 5. The highest BCUT2D eigenvalue weighted by atomic mass is 16.3. The first kappa shape index (κ1) is 23.9. The standard InChI is InChI=1S/C28H26N6O3/c1-19-13-20(2)15-22(14-19)34(26(35)18-33-25-10-4-3-9-24(25)31-32-33)27(21-7-5-11-29-16-21)28(36)30-17-23-8-6-12-37-23/h3-16,27H,17-18H2,1-2H3,(H,30,36). The first-order chi connectivity index (χ1) is 18.0. The fourth-order valence-electron chi connectivity index (χ4n) is 4.40. The van der Waals surface area contributed by atoms with Crippen LogP contribution in [0.4, 0.5) is 5.69 Å². The minimum Gasteiger partial charge on any atom is -0.467 e. The number of rotatable bonds is 8. The number of carbonyl (C=O) groups is 2. The van der Waals surface area contributed by atoms with E-state index in [0.717, 1.165) is 16.6 Å². The maximum absolute atomic E-state index is 14.0. The molecular weight excluding hydrogens is 468 g/mol. The predicted octanol–water partition coefficient (Wildman–Crippen LogP) is 4.13. The Morgan fingerprint density at radius 1 is 1.03 bits per heavy atom. The van der Waals surface area contributed by atoms with Crippen LogP contribution < -0.4 is 10.2 Å². The SMILES string of the molecule is Cc1cc(C)cc(N(C(=O)Cn2nnc3ccccc32)C(C(=O)NCc2ccco2)c2cccnc2)c1. The van der Waals surface area contributed by atoms with Crippen LogP contribution in [0, 0.1) is 13.8 Å². The van der Waals surface area contributed by atoms with E-state index in [0.29, 0.717) is 22.5 Å². The van der Waals surface area contributed by atoms with E-state index < -0.39 is 6.04 Å². The summed E-state index contributed by atoms with van der Waals surface area (Å²) < 4.78 is 6.93. The van der Waals surface area contributed by atoms with E-state index in [1.165, 1.54) is 4.90 Å². The van der Waals surface area contributed by atoms with Crippen molar-refractivity contribution in [2.75, 3.05) is 4.90 Å². The lowest BCUT2D eigenvalue weighted by atomic mass is 10.0. The van der Waals surface area contributed by atoms with Gasteiger partial charge in [-0.2, -0.15) is 0 Å². The summed E-state index contributed by atoms with van der Waals surface area (Å²) in [6, 6.07) is 19.3. The number of hydrogen-bond acceptors (Lipinski definition) is 6. The number of fused-ring (bicyclic) bond motifs is 1. The number of hydrogen-bond donors (Lipinski definition) is 1. The molecule has 186 valence electrons. The molecule has 0 saturated carbocycles. The Balaban J connectivity index is 1.57. The number of anilines is 1. The summed E-state index contributed by atoms with van der Waals surface area (Å²) in [5.41, 5.74) is 4.55. The fraction of sp³-hybridized carbons (Fsp3) is 0.179. The Morgan fingerprint density at radius 3 is 2.57 bits per heavy atom. The van der Waals surface area contributed by atoms with Crippen LogP contribution in [0.5, 0.6) is 0 Å². The zero-order chi connectivity index (χ0) is 25.8. The van der Waals surface area contributed by atoms with Crippen LogP contribution in [0.1, 0.15) is 28.5 Å². The van der Waals surface area contributed by atoms with Crippen molar-refractivity contribution < 1.29 is 14.0 Å². The van der Waals surface area contributed by atoms with Gasteiger partial charge in [-0.3, -0.25) is 19.5 Å². The molecule has 9 heteroatoms. The summed E-state index contributed by atoms with van der Waals surface area (Å²) in [7, 11) is 0. The lowest BCUT2D eigenvalue weighted by Crippen LogP contribution is -2.45. The monoisotopic (exact) mass is 494 g/mol. The van der Waals surface area contributed by atoms with Gasteiger partial charge in [0.25, 0.3) is 0 Å². The third-order valence-corrected chi connectivity index (χ3v) is 5.98. The van der Waals surface area contributed by atoms with Gasteiger partial charge in [0, 0.05) is 23.6 Å². The van der Waals surface area contributed by atoms with E-state index in [9.17, 15) is 9.59 Å². The molecule has 0 aliphatic heterocycles. The zero-order valence-electron chi connectivity index (χ0n) is 20.5. The highest BCUT2D eigenvalue weighted by Crippen LogP contribution is 2.30. The summed E-state index contributed by atoms with van der Waals surface area (Å²) in [4.78, 5) is 33.5. The average molecular weight is 495 g/mol. The molecule has 3 heterocycles. The number of amides is 2. The Kier molecular flexibility index (Phi) is 6.76. The van der Waals surface area contributed by atoms with Gasteiger partial charge in [-0.15, -0.1) is 5.10 Å². The van der Waals surface area contributed by atoms with Gasteiger partial charge in [-0.05, 0) is 67.4 Å². The number of nitrogens with one attached hydrogen (secondary N) is 1. The van der Waals surface area contributed by atoms with Crippen molar-refractivity contribution in [1.29, 1.82) is 0 Å². The highest BCUT2D eigenvalue weighted by molar-refractivity contribution is 6.01. The van der Waals surface area contributed by atoms with E-state index in [1.807, 2.05) is 56.3 Å². The van der Waals surface area contributed by atoms with Crippen molar-refractivity contribution in [1.82, 2.24) is 25.3 Å². The largest absolute Gasteiger partial charge is 0.467 e. The highest BCUT2D eigenvalue weighted by Gasteiger charge is 2.33. The van der Waals surface area contributed by atoms with Crippen LogP contribution in [-0.2, 0) is 22.7 Å². The number of pyridine rings is 1. The second-order valence-corrected chi connectivity index (χ2v) is 8.83. The average Bonchev–Trinajstić information content (AvgIpc) is 3.56. The lowest BCUT2D eigenvalue weighted by molar-refractivity contribution is -0.127. The van der Waals surface area contributed by atoms with E-state index in [2.05, 4.69) is 20.6 Å². The van der Waals surface area contributed by atoms with Gasteiger partial charge in [0.1, 0.15) is 23.9 Å². The minimum absolute atomic E-state index is 0.101. The van der Waals surface area contributed by atoms with Crippen molar-refractivity contribution in [3.05, 3.63) is 108 Å². The smallest absolute Gasteiger partial charge is 0.249 e. The molecule has 2 amide bonds. The summed E-state index contributed by atoms with van der Waals surface area (Å²) in [5.74, 6) is -0.0698. The van der Waals surface area contributed by atoms with Crippen LogP contribution >= 0.6 is 0 Å². The number of furan rings is 1. The third-order valence-electron chi connectivity index (χ3n) is 5.98. The first-order valence-electron chi connectivity index (χ1n) is 11.9. The summed E-state index contributed by atoms with van der Waals surface area (Å²) in [6.07, 6.45) is 4.78. The molecule has 0 radical (unpaired) electrons. The van der Waals surface area contributed by atoms with E-state index in [-0.39, 0.29) is 24.9 Å². The molecule has 5 aromatic rings. The van der Waals surface area contributed by atoms with Gasteiger partial charge in [0.2, 0.25) is 11.8 Å². The molecule has 1 N–H and O–H groups in total. The molecule has 0 aliphatic rings. The molecule has 2 aromatic carbocycles. The van der Waals surface area contributed by atoms with Gasteiger partial charge in [0.15, 0.2) is 0 Å². The maximum Gasteiger partial charge on any atom is 0.249 e. The molecule has 0 fully saturated rings. The van der Waals surface area contributed by atoms with Crippen molar-refractivity contribution in [3.8, 4) is 0 Å². The lowest BCUT2D eigenvalue weighted by Gasteiger charge is -2.31. The first-order valence-corrected chi connectivity index (χ1v) is 11.9. The Bertz CT molecular complexity index is 1510. The molecule has 3 aromatic heterocycles. The molecule has 1 unspecified atom stereocenters. The topological polar surface area (TPSA) is 106 Å². The molecule has 37 heavy (non-hydrogen) atoms. The molecule has 1 atom stereocenters. The molecule has 0 spiro atoms. The minimum atomic E-state index is -0.979. The normalized spacial score (nSPS) is 11.8. The van der Waals surface area contributed by atoms with E-state index >= 15 is 0 Å². The van der Waals surface area contributed by atoms with E-state index in [1.54, 1.807) is 47.6 Å². The summed E-state index contributed by atoms with van der Waals surface area (Å²) in [5, 5.41) is 11.3. The van der Waals surface area contributed by atoms with Gasteiger partial charge >= 0.3 is 0 Å². The van der Waals surface area contributed by atoms with Crippen molar-refractivity contribution in [2.45, 2.75) is 33.0 Å². The number of carbonyl (C=O) groups excluding carboxylic acids is 2. The van der Waals surface area contributed by atoms with Crippen LogP contribution in [-0.4, -0.2) is 31.8 Å². The van der Waals surface area contributed by atoms with Gasteiger partial charge in [-0.25, -0.2) is 4.68 Å². The molecule has 9 nitrogen and oxygen atoms in total. The Morgan fingerprint density at radius 2 is 1.84 bits per heavy atom. The van der Waals surface area contributed by atoms with Gasteiger partial charge < -0.3 is 9.73 Å². The number of para-hydroxylation sites is 1. The fourth-order valence-corrected chi connectivity index (χ4v) is 4.40. The van der Waals surface area contributed by atoms with Crippen LogP contribution in [0.3, 0.4) is 0 Å². The third kappa shape index (κ3) is 5.25. The van der Waals surface area contributed by atoms with E-state index in [4.69, 9.17) is 4.42 Å². The van der Waals surface area contributed by atoms with Crippen LogP contribution in [0.25, 0.3) is 11.0 Å². The second-order valence-electron chi connectivity index (χ2n) is 8.83. The summed E-state index contributed by atoms with van der Waals surface area (Å²) >= 11 is 0. The maximum atomic E-state index is 14.0. The molecule has 0 aliphatic carbocycles. The van der Waals surface area contributed by atoms with Crippen molar-refractivity contribution >= 4 is 28.5 Å². The van der Waals surface area contributed by atoms with Gasteiger partial charge in [0.05, 0.1) is 18.3 Å². The Hall–Kier alpha value is -4.79. The van der Waals surface area contributed by atoms with Crippen molar-refractivity contribution in [2.24, 2.45) is 0 Å². The number of benzene rings is 2. The number of aryl methyl sites for hydroxylation is 2. The Labute approximate surface area is 213 Å². The molecule has 0 saturated heterocycles. The van der Waals surface area contributed by atoms with Crippen LogP contribution in [0.15, 0.2) is 89.8 Å². The van der Waals surface area contributed by atoms with Crippen LogP contribution in [0.2, 0.25) is 0 Å². The quantitative estimate of drug-likeness (QED) is 0.348.